The Morgan fingerprint density at radius 1 is 1.03 bits per heavy atom. The number of carbonyl (C=O) groups is 2. The van der Waals surface area contributed by atoms with E-state index in [-0.39, 0.29) is 46.9 Å². The lowest BCUT2D eigenvalue weighted by Crippen LogP contribution is -2.29. The third-order valence-corrected chi connectivity index (χ3v) is 6.32. The first-order chi connectivity index (χ1) is 18.0. The van der Waals surface area contributed by atoms with Gasteiger partial charge in [-0.05, 0) is 65.8 Å². The standard InChI is InChI=1S/C27H26F3NO7/c1-35-23-12-19-17(11-22(23)32)10-20(25(33)36-2)21(26(34)37-3)14-31(24(19)16-7-8-16)13-15-5-4-6-18(9-15)38-27(28,29)30/h4-6,9-12,14,16,24,32H,7-8,13H2,1-3H3. The number of hydrogen-bond donors (Lipinski definition) is 1. The van der Waals surface area contributed by atoms with Crippen molar-refractivity contribution in [3.63, 3.8) is 0 Å². The number of esters is 2. The van der Waals surface area contributed by atoms with E-state index in [1.54, 1.807) is 17.0 Å². The van der Waals surface area contributed by atoms with Gasteiger partial charge in [-0.15, -0.1) is 13.2 Å². The number of nitrogens with zero attached hydrogens (tertiary/aromatic N) is 1. The minimum absolute atomic E-state index is 0.0633. The van der Waals surface area contributed by atoms with E-state index in [0.717, 1.165) is 12.8 Å². The van der Waals surface area contributed by atoms with Crippen LogP contribution < -0.4 is 9.47 Å². The van der Waals surface area contributed by atoms with Gasteiger partial charge in [0.1, 0.15) is 5.75 Å². The van der Waals surface area contributed by atoms with E-state index in [1.165, 1.54) is 57.9 Å². The maximum atomic E-state index is 12.9. The lowest BCUT2D eigenvalue weighted by molar-refractivity contribution is -0.274. The second kappa shape index (κ2) is 10.7. The molecule has 0 saturated heterocycles. The van der Waals surface area contributed by atoms with E-state index < -0.39 is 18.3 Å². The molecule has 1 aliphatic heterocycles. The number of carbonyl (C=O) groups excluding carboxylic acids is 2. The van der Waals surface area contributed by atoms with Crippen LogP contribution in [0.25, 0.3) is 6.08 Å². The fraction of sp³-hybridized carbons (Fsp3) is 0.333. The second-order valence-corrected chi connectivity index (χ2v) is 8.89. The number of rotatable bonds is 7. The van der Waals surface area contributed by atoms with Crippen molar-refractivity contribution in [3.8, 4) is 17.2 Å². The Morgan fingerprint density at radius 2 is 1.71 bits per heavy atom. The topological polar surface area (TPSA) is 94.5 Å². The van der Waals surface area contributed by atoms with Crippen LogP contribution in [0.15, 0.2) is 53.7 Å². The van der Waals surface area contributed by atoms with Gasteiger partial charge in [0.2, 0.25) is 0 Å². The molecule has 0 bridgehead atoms. The van der Waals surface area contributed by atoms with Gasteiger partial charge < -0.3 is 29.0 Å². The molecule has 8 nitrogen and oxygen atoms in total. The van der Waals surface area contributed by atoms with Crippen molar-refractivity contribution in [1.82, 2.24) is 4.90 Å². The highest BCUT2D eigenvalue weighted by Gasteiger charge is 2.39. The fourth-order valence-corrected chi connectivity index (χ4v) is 4.56. The molecule has 2 aliphatic rings. The van der Waals surface area contributed by atoms with Crippen molar-refractivity contribution >= 4 is 18.0 Å². The number of phenolic OH excluding ortho intramolecular Hbond substituents is 1. The summed E-state index contributed by atoms with van der Waals surface area (Å²) in [6.07, 6.45) is -0.220. The van der Waals surface area contributed by atoms with E-state index >= 15 is 0 Å². The van der Waals surface area contributed by atoms with Crippen LogP contribution in [0.5, 0.6) is 17.2 Å². The number of aromatic hydroxyl groups is 1. The number of hydrogen-bond acceptors (Lipinski definition) is 8. The van der Waals surface area contributed by atoms with Crippen LogP contribution in [0.4, 0.5) is 13.2 Å². The zero-order valence-electron chi connectivity index (χ0n) is 20.9. The molecule has 1 saturated carbocycles. The normalized spacial score (nSPS) is 17.3. The smallest absolute Gasteiger partial charge is 0.504 e. The second-order valence-electron chi connectivity index (χ2n) is 8.89. The molecule has 4 rings (SSSR count). The van der Waals surface area contributed by atoms with E-state index in [0.29, 0.717) is 16.7 Å². The quantitative estimate of drug-likeness (QED) is 0.504. The molecule has 0 spiro atoms. The van der Waals surface area contributed by atoms with Crippen LogP contribution >= 0.6 is 0 Å². The molecule has 1 atom stereocenters. The van der Waals surface area contributed by atoms with E-state index in [1.807, 2.05) is 0 Å². The largest absolute Gasteiger partial charge is 0.573 e. The molecule has 202 valence electrons. The summed E-state index contributed by atoms with van der Waals surface area (Å²) in [5, 5.41) is 10.5. The summed E-state index contributed by atoms with van der Waals surface area (Å²) in [5.41, 5.74) is 1.40. The number of methoxy groups -OCH3 is 3. The summed E-state index contributed by atoms with van der Waals surface area (Å²) in [7, 11) is 3.74. The third kappa shape index (κ3) is 5.87. The molecule has 11 heteroatoms. The zero-order valence-corrected chi connectivity index (χ0v) is 20.9. The summed E-state index contributed by atoms with van der Waals surface area (Å²) in [6, 6.07) is 8.24. The van der Waals surface area contributed by atoms with Gasteiger partial charge in [-0.1, -0.05) is 12.1 Å². The van der Waals surface area contributed by atoms with Crippen LogP contribution in [0.3, 0.4) is 0 Å². The average molecular weight is 533 g/mol. The molecule has 38 heavy (non-hydrogen) atoms. The van der Waals surface area contributed by atoms with Crippen LogP contribution in [0.2, 0.25) is 0 Å². The van der Waals surface area contributed by atoms with Gasteiger partial charge in [0.25, 0.3) is 0 Å². The predicted molar refractivity (Wildman–Crippen MR) is 129 cm³/mol. The molecule has 2 aromatic carbocycles. The molecule has 2 aromatic rings. The first-order valence-corrected chi connectivity index (χ1v) is 11.7. The number of halogens is 3. The van der Waals surface area contributed by atoms with E-state index in [9.17, 15) is 27.9 Å². The summed E-state index contributed by atoms with van der Waals surface area (Å²) in [6.45, 7) is 0.0633. The number of phenols is 1. The predicted octanol–water partition coefficient (Wildman–Crippen LogP) is 4.88. The average Bonchev–Trinajstić information content (AvgIpc) is 3.69. The number of benzene rings is 2. The Hall–Kier alpha value is -4.15. The molecule has 0 radical (unpaired) electrons. The Labute approximate surface area is 216 Å². The molecule has 1 fully saturated rings. The van der Waals surface area contributed by atoms with Gasteiger partial charge in [-0.25, -0.2) is 9.59 Å². The Balaban J connectivity index is 1.91. The van der Waals surface area contributed by atoms with Gasteiger partial charge in [0.05, 0.1) is 38.5 Å². The highest BCUT2D eigenvalue weighted by molar-refractivity contribution is 6.10. The van der Waals surface area contributed by atoms with Gasteiger partial charge in [0.15, 0.2) is 11.5 Å². The maximum absolute atomic E-state index is 12.9. The van der Waals surface area contributed by atoms with Crippen molar-refractivity contribution in [3.05, 3.63) is 70.4 Å². The third-order valence-electron chi connectivity index (χ3n) is 6.32. The van der Waals surface area contributed by atoms with Gasteiger partial charge in [0, 0.05) is 12.7 Å². The molecule has 1 aliphatic carbocycles. The lowest BCUT2D eigenvalue weighted by Gasteiger charge is -2.35. The number of alkyl halides is 3. The van der Waals surface area contributed by atoms with Crippen molar-refractivity contribution in [2.75, 3.05) is 21.3 Å². The first kappa shape index (κ1) is 26.9. The summed E-state index contributed by atoms with van der Waals surface area (Å²) in [4.78, 5) is 27.4. The molecule has 1 heterocycles. The number of fused-ring (bicyclic) bond motifs is 1. The fourth-order valence-electron chi connectivity index (χ4n) is 4.56. The van der Waals surface area contributed by atoms with Crippen molar-refractivity contribution in [2.45, 2.75) is 31.8 Å². The Bertz CT molecular complexity index is 1300. The molecule has 0 amide bonds. The van der Waals surface area contributed by atoms with Crippen molar-refractivity contribution in [2.24, 2.45) is 5.92 Å². The molecule has 1 unspecified atom stereocenters. The minimum Gasteiger partial charge on any atom is -0.504 e. The van der Waals surface area contributed by atoms with E-state index in [2.05, 4.69) is 4.74 Å². The monoisotopic (exact) mass is 533 g/mol. The highest BCUT2D eigenvalue weighted by Crippen LogP contribution is 2.49. The van der Waals surface area contributed by atoms with Crippen LogP contribution in [0, 0.1) is 5.92 Å². The zero-order chi connectivity index (χ0) is 27.6. The number of ether oxygens (including phenoxy) is 4. The van der Waals surface area contributed by atoms with Crippen LogP contribution in [-0.4, -0.2) is 49.6 Å². The summed E-state index contributed by atoms with van der Waals surface area (Å²) >= 11 is 0. The first-order valence-electron chi connectivity index (χ1n) is 11.7. The highest BCUT2D eigenvalue weighted by atomic mass is 19.4. The van der Waals surface area contributed by atoms with Gasteiger partial charge >= 0.3 is 18.3 Å². The SMILES string of the molecule is COC(=O)C1=Cc2cc(O)c(OC)cc2C(C2CC2)N(Cc2cccc(OC(F)(F)F)c2)C=C1C(=O)OC. The van der Waals surface area contributed by atoms with Gasteiger partial charge in [-0.3, -0.25) is 0 Å². The van der Waals surface area contributed by atoms with Crippen molar-refractivity contribution in [1.29, 1.82) is 0 Å². The Morgan fingerprint density at radius 3 is 2.32 bits per heavy atom. The summed E-state index contributed by atoms with van der Waals surface area (Å²) in [5.74, 6) is -1.84. The Kier molecular flexibility index (Phi) is 7.56. The summed E-state index contributed by atoms with van der Waals surface area (Å²) < 4.78 is 57.8. The molecular weight excluding hydrogens is 507 g/mol. The van der Waals surface area contributed by atoms with Crippen molar-refractivity contribution < 1.29 is 46.8 Å². The van der Waals surface area contributed by atoms with Crippen LogP contribution in [-0.2, 0) is 25.6 Å². The maximum Gasteiger partial charge on any atom is 0.573 e. The molecule has 1 N–H and O–H groups in total. The minimum atomic E-state index is -4.86. The van der Waals surface area contributed by atoms with Gasteiger partial charge in [-0.2, -0.15) is 0 Å². The lowest BCUT2D eigenvalue weighted by atomic mass is 9.90. The van der Waals surface area contributed by atoms with Crippen LogP contribution in [0.1, 0.15) is 35.6 Å². The molecule has 0 aromatic heterocycles. The molecular formula is C27H26F3NO7. The van der Waals surface area contributed by atoms with E-state index in [4.69, 9.17) is 14.2 Å².